The van der Waals surface area contributed by atoms with Crippen molar-refractivity contribution < 1.29 is 9.53 Å². The number of carbonyl (C=O) groups is 1. The van der Waals surface area contributed by atoms with Gasteiger partial charge in [-0.05, 0) is 35.7 Å². The molecule has 0 amide bonds. The van der Waals surface area contributed by atoms with Gasteiger partial charge in [-0.15, -0.1) is 0 Å². The van der Waals surface area contributed by atoms with E-state index in [1.54, 1.807) is 13.1 Å². The zero-order valence-corrected chi connectivity index (χ0v) is 10.9. The summed E-state index contributed by atoms with van der Waals surface area (Å²) >= 11 is 3.43. The Balaban J connectivity index is 2.19. The fourth-order valence-corrected chi connectivity index (χ4v) is 2.74. The first-order chi connectivity index (χ1) is 7.74. The number of hydrogen-bond donors (Lipinski definition) is 0. The summed E-state index contributed by atoms with van der Waals surface area (Å²) in [6.07, 6.45) is 6.35. The van der Waals surface area contributed by atoms with Gasteiger partial charge in [0.25, 0.3) is 0 Å². The van der Waals surface area contributed by atoms with Crippen LogP contribution in [0.4, 0.5) is 0 Å². The van der Waals surface area contributed by atoms with Gasteiger partial charge in [-0.25, -0.2) is 4.79 Å². The molecule has 88 valence electrons. The van der Waals surface area contributed by atoms with E-state index >= 15 is 0 Å². The highest BCUT2D eigenvalue weighted by atomic mass is 79.9. The molecule has 1 heterocycles. The molecule has 0 atom stereocenters. The molecule has 0 bridgehead atoms. The topological polar surface area (TPSA) is 44.1 Å². The van der Waals surface area contributed by atoms with Gasteiger partial charge in [0.1, 0.15) is 10.2 Å². The van der Waals surface area contributed by atoms with Gasteiger partial charge in [-0.1, -0.05) is 12.8 Å². The second-order valence-electron chi connectivity index (χ2n) is 3.95. The molecule has 0 aromatic carbocycles. The van der Waals surface area contributed by atoms with Gasteiger partial charge in [-0.2, -0.15) is 5.10 Å². The minimum Gasteiger partial charge on any atom is -0.462 e. The molecule has 0 spiro atoms. The van der Waals surface area contributed by atoms with E-state index in [1.807, 2.05) is 4.68 Å². The van der Waals surface area contributed by atoms with Gasteiger partial charge in [0.05, 0.1) is 18.8 Å². The number of rotatable bonds is 3. The van der Waals surface area contributed by atoms with Crippen LogP contribution >= 0.6 is 15.9 Å². The van der Waals surface area contributed by atoms with Gasteiger partial charge < -0.3 is 4.74 Å². The molecule has 0 radical (unpaired) electrons. The Bertz CT molecular complexity index is 383. The summed E-state index contributed by atoms with van der Waals surface area (Å²) in [6.45, 7) is 2.19. The number of hydrogen-bond acceptors (Lipinski definition) is 3. The first kappa shape index (κ1) is 11.6. The van der Waals surface area contributed by atoms with Crippen LogP contribution in [-0.4, -0.2) is 22.4 Å². The zero-order valence-electron chi connectivity index (χ0n) is 9.28. The van der Waals surface area contributed by atoms with Crippen LogP contribution in [0.3, 0.4) is 0 Å². The number of ether oxygens (including phenoxy) is 1. The van der Waals surface area contributed by atoms with Gasteiger partial charge in [0.15, 0.2) is 0 Å². The van der Waals surface area contributed by atoms with E-state index in [9.17, 15) is 4.79 Å². The average molecular weight is 287 g/mol. The van der Waals surface area contributed by atoms with Crippen molar-refractivity contribution in [3.8, 4) is 0 Å². The zero-order chi connectivity index (χ0) is 11.5. The summed E-state index contributed by atoms with van der Waals surface area (Å²) < 4.78 is 7.61. The van der Waals surface area contributed by atoms with E-state index in [1.165, 1.54) is 12.8 Å². The Hall–Kier alpha value is -0.840. The lowest BCUT2D eigenvalue weighted by atomic mass is 10.2. The highest BCUT2D eigenvalue weighted by Gasteiger charge is 2.23. The molecule has 4 nitrogen and oxygen atoms in total. The van der Waals surface area contributed by atoms with Crippen molar-refractivity contribution in [1.82, 2.24) is 9.78 Å². The molecule has 0 aliphatic heterocycles. The Labute approximate surface area is 103 Å². The maximum atomic E-state index is 11.6. The van der Waals surface area contributed by atoms with Crippen LogP contribution < -0.4 is 0 Å². The Morgan fingerprint density at radius 3 is 2.94 bits per heavy atom. The lowest BCUT2D eigenvalue weighted by molar-refractivity contribution is 0.0525. The molecule has 1 fully saturated rings. The molecule has 0 N–H and O–H groups in total. The summed E-state index contributed by atoms with van der Waals surface area (Å²) in [5, 5.41) is 4.27. The van der Waals surface area contributed by atoms with Crippen LogP contribution in [-0.2, 0) is 4.74 Å². The van der Waals surface area contributed by atoms with Crippen molar-refractivity contribution in [3.63, 3.8) is 0 Å². The number of nitrogens with zero attached hydrogens (tertiary/aromatic N) is 2. The quantitative estimate of drug-likeness (QED) is 0.803. The fourth-order valence-electron chi connectivity index (χ4n) is 2.10. The van der Waals surface area contributed by atoms with Crippen LogP contribution in [0.1, 0.15) is 49.0 Å². The molecule has 16 heavy (non-hydrogen) atoms. The normalized spacial score (nSPS) is 16.6. The van der Waals surface area contributed by atoms with E-state index < -0.39 is 0 Å². The summed E-state index contributed by atoms with van der Waals surface area (Å²) in [5.41, 5.74) is 0.522. The second kappa shape index (κ2) is 4.99. The summed E-state index contributed by atoms with van der Waals surface area (Å²) in [6, 6.07) is 0.428. The minimum atomic E-state index is -0.307. The van der Waals surface area contributed by atoms with Crippen molar-refractivity contribution in [2.24, 2.45) is 0 Å². The van der Waals surface area contributed by atoms with Gasteiger partial charge in [0, 0.05) is 0 Å². The van der Waals surface area contributed by atoms with Crippen LogP contribution in [0.2, 0.25) is 0 Å². The van der Waals surface area contributed by atoms with Crippen molar-refractivity contribution in [1.29, 1.82) is 0 Å². The number of carbonyl (C=O) groups excluding carboxylic acids is 1. The summed E-state index contributed by atoms with van der Waals surface area (Å²) in [4.78, 5) is 11.6. The summed E-state index contributed by atoms with van der Waals surface area (Å²) in [7, 11) is 0. The lowest BCUT2D eigenvalue weighted by Crippen LogP contribution is -2.08. The van der Waals surface area contributed by atoms with Crippen molar-refractivity contribution >= 4 is 21.9 Å². The fraction of sp³-hybridized carbons (Fsp3) is 0.636. The Morgan fingerprint density at radius 2 is 2.31 bits per heavy atom. The summed E-state index contributed by atoms with van der Waals surface area (Å²) in [5.74, 6) is -0.307. The Morgan fingerprint density at radius 1 is 1.62 bits per heavy atom. The highest BCUT2D eigenvalue weighted by molar-refractivity contribution is 9.10. The molecule has 1 saturated carbocycles. The molecule has 0 saturated heterocycles. The molecular formula is C11H15BrN2O2. The van der Waals surface area contributed by atoms with Gasteiger partial charge in [-0.3, -0.25) is 4.68 Å². The molecule has 0 unspecified atom stereocenters. The first-order valence-electron chi connectivity index (χ1n) is 5.64. The monoisotopic (exact) mass is 286 g/mol. The van der Waals surface area contributed by atoms with Crippen LogP contribution in [0.15, 0.2) is 10.8 Å². The van der Waals surface area contributed by atoms with Crippen LogP contribution in [0.25, 0.3) is 0 Å². The van der Waals surface area contributed by atoms with Gasteiger partial charge in [0.2, 0.25) is 0 Å². The van der Waals surface area contributed by atoms with Crippen LogP contribution in [0.5, 0.6) is 0 Å². The standard InChI is InChI=1S/C11H15BrN2O2/c1-2-16-11(15)9-7-13-14(10(9)12)8-5-3-4-6-8/h7-8H,2-6H2,1H3. The van der Waals surface area contributed by atoms with Crippen molar-refractivity contribution in [2.75, 3.05) is 6.61 Å². The third-order valence-electron chi connectivity index (χ3n) is 2.90. The lowest BCUT2D eigenvalue weighted by Gasteiger charge is -2.11. The average Bonchev–Trinajstić information content (AvgIpc) is 2.86. The SMILES string of the molecule is CCOC(=O)c1cnn(C2CCCC2)c1Br. The molecular weight excluding hydrogens is 272 g/mol. The van der Waals surface area contributed by atoms with E-state index in [0.717, 1.165) is 17.4 Å². The molecule has 2 rings (SSSR count). The third kappa shape index (κ3) is 2.14. The largest absolute Gasteiger partial charge is 0.462 e. The molecule has 1 aromatic rings. The number of aromatic nitrogens is 2. The highest BCUT2D eigenvalue weighted by Crippen LogP contribution is 2.32. The number of halogens is 1. The van der Waals surface area contributed by atoms with E-state index in [4.69, 9.17) is 4.74 Å². The van der Waals surface area contributed by atoms with E-state index in [2.05, 4.69) is 21.0 Å². The number of esters is 1. The van der Waals surface area contributed by atoms with Crippen molar-refractivity contribution in [3.05, 3.63) is 16.4 Å². The van der Waals surface area contributed by atoms with Gasteiger partial charge >= 0.3 is 5.97 Å². The maximum absolute atomic E-state index is 11.6. The van der Waals surface area contributed by atoms with Crippen molar-refractivity contribution in [2.45, 2.75) is 38.6 Å². The minimum absolute atomic E-state index is 0.307. The van der Waals surface area contributed by atoms with Crippen LogP contribution in [0, 0.1) is 0 Å². The Kier molecular flexibility index (Phi) is 3.63. The molecule has 1 aliphatic carbocycles. The molecule has 5 heteroatoms. The van der Waals surface area contributed by atoms with E-state index in [0.29, 0.717) is 18.2 Å². The smallest absolute Gasteiger partial charge is 0.342 e. The second-order valence-corrected chi connectivity index (χ2v) is 4.70. The predicted octanol–water partition coefficient (Wildman–Crippen LogP) is 2.94. The van der Waals surface area contributed by atoms with E-state index in [-0.39, 0.29) is 5.97 Å². The first-order valence-corrected chi connectivity index (χ1v) is 6.43. The predicted molar refractivity (Wildman–Crippen MR) is 63.4 cm³/mol. The molecule has 1 aliphatic rings. The molecule has 1 aromatic heterocycles. The maximum Gasteiger partial charge on any atom is 0.342 e. The third-order valence-corrected chi connectivity index (χ3v) is 3.69.